The smallest absolute Gasteiger partial charge is 0.146 e. The van der Waals surface area contributed by atoms with Crippen molar-refractivity contribution in [2.24, 2.45) is 0 Å². The van der Waals surface area contributed by atoms with Gasteiger partial charge in [-0.2, -0.15) is 5.26 Å². The summed E-state index contributed by atoms with van der Waals surface area (Å²) < 4.78 is 0. The maximum atomic E-state index is 9.45. The molecule has 110 valence electrons. The molecule has 0 spiro atoms. The predicted octanol–water partition coefficient (Wildman–Crippen LogP) is 2.83. The molecule has 0 unspecified atom stereocenters. The molecule has 0 bridgehead atoms. The third-order valence-corrected chi connectivity index (χ3v) is 4.76. The molecule has 0 aromatic carbocycles. The van der Waals surface area contributed by atoms with Crippen molar-refractivity contribution in [1.29, 1.82) is 5.26 Å². The fourth-order valence-corrected chi connectivity index (χ4v) is 3.44. The normalized spacial score (nSPS) is 17.5. The number of aromatic nitrogens is 2. The standard InChI is InChI=1S/C18H18N4/c19-10-15-9-14-3-1-2-4-17(14)21-18(15)22-11-16(12-22)13-5-7-20-8-6-13/h5-9,16H,1-4,11-12H2. The lowest BCUT2D eigenvalue weighted by molar-refractivity contribution is 0.517. The van der Waals surface area contributed by atoms with Gasteiger partial charge >= 0.3 is 0 Å². The molecular weight excluding hydrogens is 272 g/mol. The van der Waals surface area contributed by atoms with Gasteiger partial charge in [0.25, 0.3) is 0 Å². The van der Waals surface area contributed by atoms with E-state index < -0.39 is 0 Å². The molecule has 4 rings (SSSR count). The number of rotatable bonds is 2. The molecule has 0 amide bonds. The molecule has 2 aromatic rings. The quantitative estimate of drug-likeness (QED) is 0.853. The maximum Gasteiger partial charge on any atom is 0.146 e. The minimum atomic E-state index is 0.521. The Morgan fingerprint density at radius 2 is 1.91 bits per heavy atom. The van der Waals surface area contributed by atoms with Crippen LogP contribution in [0.3, 0.4) is 0 Å². The summed E-state index contributed by atoms with van der Waals surface area (Å²) in [7, 11) is 0. The molecule has 1 aliphatic carbocycles. The van der Waals surface area contributed by atoms with Gasteiger partial charge in [0.15, 0.2) is 0 Å². The van der Waals surface area contributed by atoms with Crippen LogP contribution in [0.15, 0.2) is 30.6 Å². The second-order valence-corrected chi connectivity index (χ2v) is 6.17. The minimum absolute atomic E-state index is 0.521. The van der Waals surface area contributed by atoms with Crippen molar-refractivity contribution in [1.82, 2.24) is 9.97 Å². The second-order valence-electron chi connectivity index (χ2n) is 6.17. The van der Waals surface area contributed by atoms with Crippen LogP contribution in [0, 0.1) is 11.3 Å². The van der Waals surface area contributed by atoms with Crippen molar-refractivity contribution >= 4 is 5.82 Å². The van der Waals surface area contributed by atoms with E-state index in [1.54, 1.807) is 0 Å². The predicted molar refractivity (Wildman–Crippen MR) is 84.8 cm³/mol. The SMILES string of the molecule is N#Cc1cc2c(nc1N1CC(c3ccncc3)C1)CCCC2. The highest BCUT2D eigenvalue weighted by Gasteiger charge is 2.31. The Kier molecular flexibility index (Phi) is 3.27. The topological polar surface area (TPSA) is 52.8 Å². The lowest BCUT2D eigenvalue weighted by atomic mass is 9.91. The van der Waals surface area contributed by atoms with E-state index in [9.17, 15) is 5.26 Å². The maximum absolute atomic E-state index is 9.45. The van der Waals surface area contributed by atoms with Crippen molar-refractivity contribution in [3.8, 4) is 6.07 Å². The van der Waals surface area contributed by atoms with Crippen molar-refractivity contribution < 1.29 is 0 Å². The average molecular weight is 290 g/mol. The number of nitriles is 1. The molecule has 4 nitrogen and oxygen atoms in total. The van der Waals surface area contributed by atoms with E-state index in [-0.39, 0.29) is 0 Å². The number of hydrogen-bond acceptors (Lipinski definition) is 4. The van der Waals surface area contributed by atoms with Crippen molar-refractivity contribution in [2.75, 3.05) is 18.0 Å². The van der Waals surface area contributed by atoms with Crippen LogP contribution in [0.4, 0.5) is 5.82 Å². The van der Waals surface area contributed by atoms with Crippen LogP contribution >= 0.6 is 0 Å². The summed E-state index contributed by atoms with van der Waals surface area (Å²) in [6.45, 7) is 1.87. The van der Waals surface area contributed by atoms with Gasteiger partial charge in [0.2, 0.25) is 0 Å². The Hall–Kier alpha value is -2.41. The first-order valence-corrected chi connectivity index (χ1v) is 7.93. The van der Waals surface area contributed by atoms with E-state index in [2.05, 4.69) is 34.2 Å². The summed E-state index contributed by atoms with van der Waals surface area (Å²) in [6.07, 6.45) is 8.23. The number of anilines is 1. The van der Waals surface area contributed by atoms with E-state index in [1.165, 1.54) is 29.7 Å². The Morgan fingerprint density at radius 3 is 2.68 bits per heavy atom. The Morgan fingerprint density at radius 1 is 1.14 bits per heavy atom. The average Bonchev–Trinajstić information content (AvgIpc) is 2.54. The molecule has 0 N–H and O–H groups in total. The summed E-state index contributed by atoms with van der Waals surface area (Å²) in [6, 6.07) is 8.56. The van der Waals surface area contributed by atoms with E-state index in [4.69, 9.17) is 4.98 Å². The highest BCUT2D eigenvalue weighted by atomic mass is 15.2. The van der Waals surface area contributed by atoms with Crippen LogP contribution in [0.1, 0.15) is 41.1 Å². The molecule has 22 heavy (non-hydrogen) atoms. The monoisotopic (exact) mass is 290 g/mol. The van der Waals surface area contributed by atoms with Crippen molar-refractivity contribution in [3.63, 3.8) is 0 Å². The van der Waals surface area contributed by atoms with Gasteiger partial charge in [-0.1, -0.05) is 0 Å². The first-order chi connectivity index (χ1) is 10.8. The largest absolute Gasteiger partial charge is 0.354 e. The van der Waals surface area contributed by atoms with Gasteiger partial charge in [-0.3, -0.25) is 4.98 Å². The summed E-state index contributed by atoms with van der Waals surface area (Å²) in [5, 5.41) is 9.45. The lowest BCUT2D eigenvalue weighted by Crippen LogP contribution is -2.46. The number of nitrogens with zero attached hydrogens (tertiary/aromatic N) is 4. The van der Waals surface area contributed by atoms with E-state index in [1.807, 2.05) is 12.4 Å². The van der Waals surface area contributed by atoms with E-state index >= 15 is 0 Å². The number of pyridine rings is 2. The van der Waals surface area contributed by atoms with Crippen LogP contribution in [0.2, 0.25) is 0 Å². The second kappa shape index (κ2) is 5.42. The van der Waals surface area contributed by atoms with Gasteiger partial charge in [0.1, 0.15) is 11.9 Å². The highest BCUT2D eigenvalue weighted by Crippen LogP contribution is 2.34. The molecule has 1 fully saturated rings. The summed E-state index contributed by atoms with van der Waals surface area (Å²) in [5.41, 5.74) is 4.53. The fraction of sp³-hybridized carbons (Fsp3) is 0.389. The van der Waals surface area contributed by atoms with Crippen molar-refractivity contribution in [3.05, 3.63) is 53.0 Å². The molecular formula is C18H18N4. The molecule has 4 heteroatoms. The summed E-state index contributed by atoms with van der Waals surface area (Å²) >= 11 is 0. The Balaban J connectivity index is 1.58. The molecule has 1 aliphatic heterocycles. The van der Waals surface area contributed by atoms with Gasteiger partial charge in [0, 0.05) is 37.1 Å². The summed E-state index contributed by atoms with van der Waals surface area (Å²) in [4.78, 5) is 11.1. The van der Waals surface area contributed by atoms with Gasteiger partial charge in [0.05, 0.1) is 5.56 Å². The van der Waals surface area contributed by atoms with Gasteiger partial charge in [-0.05, 0) is 55.0 Å². The van der Waals surface area contributed by atoms with Gasteiger partial charge in [-0.25, -0.2) is 4.98 Å². The molecule has 0 radical (unpaired) electrons. The first-order valence-electron chi connectivity index (χ1n) is 7.93. The molecule has 2 aromatic heterocycles. The van der Waals surface area contributed by atoms with Gasteiger partial charge in [-0.15, -0.1) is 0 Å². The molecule has 0 saturated carbocycles. The van der Waals surface area contributed by atoms with Gasteiger partial charge < -0.3 is 4.90 Å². The minimum Gasteiger partial charge on any atom is -0.354 e. The van der Waals surface area contributed by atoms with Crippen LogP contribution in [0.25, 0.3) is 0 Å². The number of hydrogen-bond donors (Lipinski definition) is 0. The van der Waals surface area contributed by atoms with Crippen LogP contribution in [-0.2, 0) is 12.8 Å². The van der Waals surface area contributed by atoms with Crippen LogP contribution in [0.5, 0.6) is 0 Å². The third-order valence-electron chi connectivity index (χ3n) is 4.76. The molecule has 0 atom stereocenters. The fourth-order valence-electron chi connectivity index (χ4n) is 3.44. The zero-order valence-corrected chi connectivity index (χ0v) is 12.5. The zero-order chi connectivity index (χ0) is 14.9. The van der Waals surface area contributed by atoms with Crippen LogP contribution in [-0.4, -0.2) is 23.1 Å². The third kappa shape index (κ3) is 2.23. The molecule has 2 aliphatic rings. The molecule has 1 saturated heterocycles. The van der Waals surface area contributed by atoms with Crippen LogP contribution < -0.4 is 4.90 Å². The molecule has 3 heterocycles. The van der Waals surface area contributed by atoms with E-state index in [0.717, 1.165) is 37.3 Å². The number of aryl methyl sites for hydroxylation is 2. The van der Waals surface area contributed by atoms with E-state index in [0.29, 0.717) is 5.92 Å². The highest BCUT2D eigenvalue weighted by molar-refractivity contribution is 5.58. The zero-order valence-electron chi connectivity index (χ0n) is 12.5. The first kappa shape index (κ1) is 13.3. The Bertz CT molecular complexity index is 727. The summed E-state index contributed by atoms with van der Waals surface area (Å²) in [5.74, 6) is 1.40. The number of fused-ring (bicyclic) bond motifs is 1. The van der Waals surface area contributed by atoms with Crippen molar-refractivity contribution in [2.45, 2.75) is 31.6 Å². The lowest BCUT2D eigenvalue weighted by Gasteiger charge is -2.41. The Labute approximate surface area is 130 Å².